The number of nitrogens with one attached hydrogen (secondary N) is 2. The second-order valence-electron chi connectivity index (χ2n) is 8.18. The average molecular weight is 395 g/mol. The summed E-state index contributed by atoms with van der Waals surface area (Å²) in [6, 6.07) is 16.5. The van der Waals surface area contributed by atoms with Gasteiger partial charge in [0.05, 0.1) is 11.2 Å². The fraction of sp³-hybridized carbons (Fsp3) is 0.250. The van der Waals surface area contributed by atoms with Gasteiger partial charge in [-0.25, -0.2) is 15.0 Å². The number of carbonyl (C=O) groups excluding carboxylic acids is 1. The van der Waals surface area contributed by atoms with Gasteiger partial charge in [-0.15, -0.1) is 0 Å². The molecule has 2 saturated carbocycles. The van der Waals surface area contributed by atoms with Crippen LogP contribution in [0.3, 0.4) is 0 Å². The third-order valence-electron chi connectivity index (χ3n) is 5.67. The lowest BCUT2D eigenvalue weighted by atomic mass is 10.0. The lowest BCUT2D eigenvalue weighted by molar-refractivity contribution is 0.0951. The largest absolute Gasteiger partial charge is 0.351 e. The van der Waals surface area contributed by atoms with Crippen molar-refractivity contribution in [3.05, 3.63) is 60.3 Å². The summed E-state index contributed by atoms with van der Waals surface area (Å²) in [5, 5.41) is 8.32. The Labute approximate surface area is 173 Å². The molecule has 0 spiro atoms. The molecule has 2 fully saturated rings. The number of aromatic nitrogens is 3. The molecule has 0 bridgehead atoms. The molecule has 0 aliphatic heterocycles. The number of nitrogens with zero attached hydrogens (tertiary/aromatic N) is 3. The number of hydrogen-bond acceptors (Lipinski definition) is 5. The first-order chi connectivity index (χ1) is 14.7. The number of pyridine rings is 1. The number of carbonyl (C=O) groups is 1. The van der Waals surface area contributed by atoms with Crippen LogP contribution < -0.4 is 10.6 Å². The van der Waals surface area contributed by atoms with E-state index >= 15 is 0 Å². The normalized spacial score (nSPS) is 16.0. The number of hydrogen-bond donors (Lipinski definition) is 2. The molecular formula is C24H21N5O. The van der Waals surface area contributed by atoms with Gasteiger partial charge in [0, 0.05) is 40.2 Å². The Hall–Kier alpha value is -3.54. The zero-order valence-electron chi connectivity index (χ0n) is 16.4. The number of benzene rings is 2. The van der Waals surface area contributed by atoms with Crippen LogP contribution >= 0.6 is 0 Å². The fourth-order valence-corrected chi connectivity index (χ4v) is 3.70. The summed E-state index contributed by atoms with van der Waals surface area (Å²) >= 11 is 0. The van der Waals surface area contributed by atoms with Gasteiger partial charge in [-0.3, -0.25) is 4.79 Å². The molecule has 0 radical (unpaired) electrons. The van der Waals surface area contributed by atoms with Crippen molar-refractivity contribution in [2.75, 3.05) is 5.32 Å². The van der Waals surface area contributed by atoms with Gasteiger partial charge in [0.2, 0.25) is 5.95 Å². The number of fused-ring (bicyclic) bond motifs is 3. The third kappa shape index (κ3) is 3.24. The lowest BCUT2D eigenvalue weighted by Gasteiger charge is -2.12. The van der Waals surface area contributed by atoms with E-state index in [4.69, 9.17) is 9.97 Å². The Balaban J connectivity index is 1.54. The first-order valence-corrected chi connectivity index (χ1v) is 10.5. The molecule has 1 amide bonds. The molecule has 148 valence electrons. The first kappa shape index (κ1) is 17.3. The van der Waals surface area contributed by atoms with Gasteiger partial charge in [0.1, 0.15) is 5.52 Å². The number of anilines is 1. The fourth-order valence-electron chi connectivity index (χ4n) is 3.70. The highest BCUT2D eigenvalue weighted by Gasteiger charge is 2.25. The van der Waals surface area contributed by atoms with Crippen molar-refractivity contribution < 1.29 is 4.79 Å². The molecule has 4 aromatic rings. The molecular weight excluding hydrogens is 374 g/mol. The Kier molecular flexibility index (Phi) is 3.91. The van der Waals surface area contributed by atoms with Crippen LogP contribution in [-0.4, -0.2) is 32.9 Å². The highest BCUT2D eigenvalue weighted by Crippen LogP contribution is 2.33. The molecule has 2 aliphatic rings. The summed E-state index contributed by atoms with van der Waals surface area (Å²) < 4.78 is 0. The van der Waals surface area contributed by atoms with Crippen molar-refractivity contribution >= 4 is 33.7 Å². The summed E-state index contributed by atoms with van der Waals surface area (Å²) in [7, 11) is 0. The molecule has 6 rings (SSSR count). The molecule has 0 unspecified atom stereocenters. The first-order valence-electron chi connectivity index (χ1n) is 10.5. The van der Waals surface area contributed by atoms with Crippen molar-refractivity contribution in [1.29, 1.82) is 0 Å². The standard InChI is InChI=1S/C24H21N5O/c30-23(26-16-7-8-16)15-6-11-18-19-13-25-24(27-17-9-10-17)29-22(19)21(28-20(18)12-15)14-4-2-1-3-5-14/h1-6,11-13,16-17H,7-10H2,(H,26,30)(H,25,27,29). The van der Waals surface area contributed by atoms with E-state index < -0.39 is 0 Å². The number of amides is 1. The minimum absolute atomic E-state index is 0.0391. The number of rotatable bonds is 5. The second-order valence-corrected chi connectivity index (χ2v) is 8.18. The molecule has 6 nitrogen and oxygen atoms in total. The molecule has 6 heteroatoms. The minimum Gasteiger partial charge on any atom is -0.351 e. The summed E-state index contributed by atoms with van der Waals surface area (Å²) in [4.78, 5) is 26.9. The van der Waals surface area contributed by atoms with E-state index in [1.165, 1.54) is 0 Å². The van der Waals surface area contributed by atoms with Crippen molar-refractivity contribution in [3.63, 3.8) is 0 Å². The Morgan fingerprint density at radius 3 is 2.47 bits per heavy atom. The second kappa shape index (κ2) is 6.76. The van der Waals surface area contributed by atoms with E-state index in [1.807, 2.05) is 54.7 Å². The summed E-state index contributed by atoms with van der Waals surface area (Å²) in [6.45, 7) is 0. The van der Waals surface area contributed by atoms with Crippen molar-refractivity contribution in [2.24, 2.45) is 0 Å². The average Bonchev–Trinajstić information content (AvgIpc) is 3.71. The van der Waals surface area contributed by atoms with Gasteiger partial charge in [-0.2, -0.15) is 0 Å². The van der Waals surface area contributed by atoms with E-state index in [2.05, 4.69) is 15.6 Å². The van der Waals surface area contributed by atoms with Gasteiger partial charge in [0.25, 0.3) is 5.91 Å². The molecule has 30 heavy (non-hydrogen) atoms. The minimum atomic E-state index is -0.0391. The van der Waals surface area contributed by atoms with E-state index in [-0.39, 0.29) is 5.91 Å². The van der Waals surface area contributed by atoms with Crippen molar-refractivity contribution in [2.45, 2.75) is 37.8 Å². The Bertz CT molecular complexity index is 1280. The molecule has 2 aromatic heterocycles. The molecule has 0 saturated heterocycles. The van der Waals surface area contributed by atoms with Gasteiger partial charge >= 0.3 is 0 Å². The SMILES string of the molecule is O=C(NC1CC1)c1ccc2c(c1)nc(-c1ccccc1)c1nc(NC3CC3)ncc12. The maximum atomic E-state index is 12.5. The van der Waals surface area contributed by atoms with Gasteiger partial charge < -0.3 is 10.6 Å². The van der Waals surface area contributed by atoms with Crippen molar-refractivity contribution in [3.8, 4) is 11.3 Å². The highest BCUT2D eigenvalue weighted by molar-refractivity contribution is 6.10. The van der Waals surface area contributed by atoms with Crippen LogP contribution in [0, 0.1) is 0 Å². The zero-order chi connectivity index (χ0) is 20.1. The predicted molar refractivity (Wildman–Crippen MR) is 117 cm³/mol. The molecule has 2 aromatic carbocycles. The smallest absolute Gasteiger partial charge is 0.251 e. The molecule has 0 atom stereocenters. The van der Waals surface area contributed by atoms with E-state index in [0.717, 1.165) is 58.7 Å². The molecule has 2 heterocycles. The molecule has 2 N–H and O–H groups in total. The topological polar surface area (TPSA) is 79.8 Å². The van der Waals surface area contributed by atoms with E-state index in [9.17, 15) is 4.79 Å². The quantitative estimate of drug-likeness (QED) is 0.492. The van der Waals surface area contributed by atoms with Gasteiger partial charge in [-0.05, 0) is 37.8 Å². The van der Waals surface area contributed by atoms with Crippen LogP contribution in [-0.2, 0) is 0 Å². The predicted octanol–water partition coefficient (Wildman–Crippen LogP) is 4.31. The molecule has 2 aliphatic carbocycles. The van der Waals surface area contributed by atoms with E-state index in [0.29, 0.717) is 23.6 Å². The summed E-state index contributed by atoms with van der Waals surface area (Å²) in [5.74, 6) is 0.603. The van der Waals surface area contributed by atoms with E-state index in [1.54, 1.807) is 0 Å². The van der Waals surface area contributed by atoms with Crippen LogP contribution in [0.15, 0.2) is 54.7 Å². The Morgan fingerprint density at radius 2 is 1.70 bits per heavy atom. The third-order valence-corrected chi connectivity index (χ3v) is 5.67. The van der Waals surface area contributed by atoms with Crippen LogP contribution in [0.5, 0.6) is 0 Å². The monoisotopic (exact) mass is 395 g/mol. The highest BCUT2D eigenvalue weighted by atomic mass is 16.1. The maximum Gasteiger partial charge on any atom is 0.251 e. The van der Waals surface area contributed by atoms with Gasteiger partial charge in [-0.1, -0.05) is 36.4 Å². The summed E-state index contributed by atoms with van der Waals surface area (Å²) in [5.41, 5.74) is 4.03. The van der Waals surface area contributed by atoms with Crippen molar-refractivity contribution in [1.82, 2.24) is 20.3 Å². The van der Waals surface area contributed by atoms with Crippen LogP contribution in [0.2, 0.25) is 0 Å². The van der Waals surface area contributed by atoms with Crippen LogP contribution in [0.4, 0.5) is 5.95 Å². The lowest BCUT2D eigenvalue weighted by Crippen LogP contribution is -2.25. The Morgan fingerprint density at radius 1 is 0.900 bits per heavy atom. The van der Waals surface area contributed by atoms with Gasteiger partial charge in [0.15, 0.2) is 0 Å². The zero-order valence-corrected chi connectivity index (χ0v) is 16.4. The maximum absolute atomic E-state index is 12.5. The van der Waals surface area contributed by atoms with Crippen LogP contribution in [0.1, 0.15) is 36.0 Å². The van der Waals surface area contributed by atoms with Crippen LogP contribution in [0.25, 0.3) is 33.1 Å². The summed E-state index contributed by atoms with van der Waals surface area (Å²) in [6.07, 6.45) is 6.32.